The van der Waals surface area contributed by atoms with Crippen LogP contribution in [-0.4, -0.2) is 11.2 Å². The van der Waals surface area contributed by atoms with E-state index in [9.17, 15) is 5.11 Å². The van der Waals surface area contributed by atoms with Gasteiger partial charge in [-0.2, -0.15) is 0 Å². The number of aliphatic hydroxyl groups excluding tert-OH is 1. The lowest BCUT2D eigenvalue weighted by molar-refractivity contribution is -0.0730. The number of rotatable bonds is 0. The molecular weight excluding hydrogens is 232 g/mol. The highest BCUT2D eigenvalue weighted by atomic mass is 16.3. The molecule has 1 nitrogen and oxygen atoms in total. The standard InChI is InChI=1S/C18H26O/c1-12-5-7-14-13(11-12)6-8-15-17(2,3)16(19)9-10-18(14,15)4/h5,7,11,15-16,19H,6,8-10H2,1-4H3/t15?,16-,18+/m0/s1. The average Bonchev–Trinajstić information content (AvgIpc) is 2.34. The molecule has 1 N–H and O–H groups in total. The predicted molar refractivity (Wildman–Crippen MR) is 79.4 cm³/mol. The molecule has 3 rings (SSSR count). The van der Waals surface area contributed by atoms with Crippen molar-refractivity contribution in [3.05, 3.63) is 34.9 Å². The zero-order valence-corrected chi connectivity index (χ0v) is 12.7. The van der Waals surface area contributed by atoms with E-state index in [0.717, 1.165) is 12.8 Å². The van der Waals surface area contributed by atoms with Crippen molar-refractivity contribution in [2.75, 3.05) is 0 Å². The lowest BCUT2D eigenvalue weighted by Crippen LogP contribution is -2.53. The first kappa shape index (κ1) is 13.2. The fourth-order valence-corrected chi connectivity index (χ4v) is 4.84. The van der Waals surface area contributed by atoms with Crippen LogP contribution in [0, 0.1) is 18.3 Å². The van der Waals surface area contributed by atoms with Crippen molar-refractivity contribution >= 4 is 0 Å². The number of benzene rings is 1. The third-order valence-corrected chi connectivity index (χ3v) is 6.04. The van der Waals surface area contributed by atoms with E-state index < -0.39 is 0 Å². The molecule has 0 amide bonds. The summed E-state index contributed by atoms with van der Waals surface area (Å²) in [6, 6.07) is 6.98. The Hall–Kier alpha value is -0.820. The number of fused-ring (bicyclic) bond motifs is 3. The van der Waals surface area contributed by atoms with Crippen LogP contribution in [0.2, 0.25) is 0 Å². The summed E-state index contributed by atoms with van der Waals surface area (Å²) in [6.45, 7) is 9.14. The van der Waals surface area contributed by atoms with Gasteiger partial charge in [0.1, 0.15) is 0 Å². The maximum absolute atomic E-state index is 10.4. The van der Waals surface area contributed by atoms with Gasteiger partial charge in [-0.3, -0.25) is 0 Å². The molecule has 1 aromatic carbocycles. The fourth-order valence-electron chi connectivity index (χ4n) is 4.84. The molecule has 1 heteroatoms. The Balaban J connectivity index is 2.10. The predicted octanol–water partition coefficient (Wildman–Crippen LogP) is 4.00. The summed E-state index contributed by atoms with van der Waals surface area (Å²) in [6.07, 6.45) is 4.31. The molecule has 1 fully saturated rings. The van der Waals surface area contributed by atoms with Gasteiger partial charge in [-0.1, -0.05) is 44.5 Å². The average molecular weight is 258 g/mol. The van der Waals surface area contributed by atoms with E-state index in [1.54, 1.807) is 11.1 Å². The number of hydrogen-bond acceptors (Lipinski definition) is 1. The van der Waals surface area contributed by atoms with Crippen LogP contribution in [0.15, 0.2) is 18.2 Å². The van der Waals surface area contributed by atoms with Crippen LogP contribution >= 0.6 is 0 Å². The molecule has 1 aromatic rings. The van der Waals surface area contributed by atoms with E-state index in [2.05, 4.69) is 45.9 Å². The van der Waals surface area contributed by atoms with Crippen molar-refractivity contribution in [1.82, 2.24) is 0 Å². The third kappa shape index (κ3) is 1.78. The van der Waals surface area contributed by atoms with E-state index in [-0.39, 0.29) is 16.9 Å². The first-order valence-corrected chi connectivity index (χ1v) is 7.64. The van der Waals surface area contributed by atoms with Crippen molar-refractivity contribution in [2.45, 2.75) is 64.9 Å². The largest absolute Gasteiger partial charge is 0.393 e. The van der Waals surface area contributed by atoms with Crippen LogP contribution < -0.4 is 0 Å². The second-order valence-electron chi connectivity index (χ2n) is 7.55. The smallest absolute Gasteiger partial charge is 0.0594 e. The summed E-state index contributed by atoms with van der Waals surface area (Å²) in [4.78, 5) is 0. The van der Waals surface area contributed by atoms with Crippen LogP contribution in [-0.2, 0) is 11.8 Å². The van der Waals surface area contributed by atoms with Crippen LogP contribution in [0.4, 0.5) is 0 Å². The SMILES string of the molecule is Cc1ccc2c(c1)CCC1C(C)(C)[C@@H](O)CC[C@]21C. The van der Waals surface area contributed by atoms with Gasteiger partial charge in [-0.05, 0) is 60.5 Å². The van der Waals surface area contributed by atoms with E-state index in [1.807, 2.05) is 0 Å². The van der Waals surface area contributed by atoms with Crippen molar-refractivity contribution in [1.29, 1.82) is 0 Å². The molecule has 0 spiro atoms. The van der Waals surface area contributed by atoms with E-state index in [1.165, 1.54) is 18.4 Å². The molecule has 2 aliphatic carbocycles. The zero-order valence-electron chi connectivity index (χ0n) is 12.7. The van der Waals surface area contributed by atoms with E-state index in [0.29, 0.717) is 5.92 Å². The first-order valence-electron chi connectivity index (χ1n) is 7.64. The van der Waals surface area contributed by atoms with Gasteiger partial charge in [0, 0.05) is 0 Å². The van der Waals surface area contributed by atoms with Gasteiger partial charge in [-0.15, -0.1) is 0 Å². The van der Waals surface area contributed by atoms with Crippen LogP contribution in [0.3, 0.4) is 0 Å². The highest BCUT2D eigenvalue weighted by Crippen LogP contribution is 2.56. The second-order valence-corrected chi connectivity index (χ2v) is 7.55. The topological polar surface area (TPSA) is 20.2 Å². The summed E-state index contributed by atoms with van der Waals surface area (Å²) in [7, 11) is 0. The van der Waals surface area contributed by atoms with Crippen molar-refractivity contribution in [2.24, 2.45) is 11.3 Å². The molecule has 0 radical (unpaired) electrons. The third-order valence-electron chi connectivity index (χ3n) is 6.04. The minimum absolute atomic E-state index is 0.0373. The molecule has 0 aromatic heterocycles. The summed E-state index contributed by atoms with van der Waals surface area (Å²) in [5, 5.41) is 10.4. The van der Waals surface area contributed by atoms with Crippen molar-refractivity contribution in [3.8, 4) is 0 Å². The molecule has 0 bridgehead atoms. The highest BCUT2D eigenvalue weighted by Gasteiger charge is 2.53. The molecule has 1 unspecified atom stereocenters. The Morgan fingerprint density at radius 2 is 1.89 bits per heavy atom. The fraction of sp³-hybridized carbons (Fsp3) is 0.667. The summed E-state index contributed by atoms with van der Waals surface area (Å²) >= 11 is 0. The van der Waals surface area contributed by atoms with Crippen molar-refractivity contribution < 1.29 is 5.11 Å². The second kappa shape index (κ2) is 4.09. The van der Waals surface area contributed by atoms with Gasteiger partial charge in [0.25, 0.3) is 0 Å². The lowest BCUT2D eigenvalue weighted by Gasteiger charge is -2.56. The number of aliphatic hydroxyl groups is 1. The Morgan fingerprint density at radius 3 is 2.63 bits per heavy atom. The summed E-state index contributed by atoms with van der Waals surface area (Å²) in [5.41, 5.74) is 4.76. The lowest BCUT2D eigenvalue weighted by atomic mass is 9.49. The van der Waals surface area contributed by atoms with Crippen LogP contribution in [0.1, 0.15) is 56.7 Å². The van der Waals surface area contributed by atoms with Crippen molar-refractivity contribution in [3.63, 3.8) is 0 Å². The number of aryl methyl sites for hydroxylation is 2. The maximum atomic E-state index is 10.4. The van der Waals surface area contributed by atoms with E-state index >= 15 is 0 Å². The molecule has 1 saturated carbocycles. The number of hydrogen-bond donors (Lipinski definition) is 1. The molecule has 3 atom stereocenters. The Kier molecular flexibility index (Phi) is 2.83. The Morgan fingerprint density at radius 1 is 1.16 bits per heavy atom. The first-order chi connectivity index (χ1) is 8.85. The summed E-state index contributed by atoms with van der Waals surface area (Å²) in [5.74, 6) is 0.596. The van der Waals surface area contributed by atoms with Gasteiger partial charge in [0.05, 0.1) is 6.10 Å². The normalized spacial score (nSPS) is 36.5. The van der Waals surface area contributed by atoms with Gasteiger partial charge in [0.2, 0.25) is 0 Å². The molecule has 0 saturated heterocycles. The molecule has 0 aliphatic heterocycles. The van der Waals surface area contributed by atoms with Gasteiger partial charge in [0.15, 0.2) is 0 Å². The highest BCUT2D eigenvalue weighted by molar-refractivity contribution is 5.41. The van der Waals surface area contributed by atoms with Gasteiger partial charge in [-0.25, -0.2) is 0 Å². The molecule has 104 valence electrons. The molecular formula is C18H26O. The van der Waals surface area contributed by atoms with Crippen LogP contribution in [0.25, 0.3) is 0 Å². The van der Waals surface area contributed by atoms with Gasteiger partial charge < -0.3 is 5.11 Å². The molecule has 19 heavy (non-hydrogen) atoms. The van der Waals surface area contributed by atoms with Gasteiger partial charge >= 0.3 is 0 Å². The maximum Gasteiger partial charge on any atom is 0.0594 e. The Labute approximate surface area is 117 Å². The minimum Gasteiger partial charge on any atom is -0.393 e. The Bertz CT molecular complexity index is 502. The minimum atomic E-state index is -0.141. The van der Waals surface area contributed by atoms with Crippen LogP contribution in [0.5, 0.6) is 0 Å². The molecule has 2 aliphatic rings. The quantitative estimate of drug-likeness (QED) is 0.746. The zero-order chi connectivity index (χ0) is 13.8. The summed E-state index contributed by atoms with van der Waals surface area (Å²) < 4.78 is 0. The molecule has 0 heterocycles. The monoisotopic (exact) mass is 258 g/mol. The van der Waals surface area contributed by atoms with E-state index in [4.69, 9.17) is 0 Å².